The molecule has 0 bridgehead atoms. The molecule has 1 fully saturated rings. The number of carboxylic acids is 1. The fourth-order valence-electron chi connectivity index (χ4n) is 2.40. The molecule has 1 aromatic carbocycles. The Balaban J connectivity index is 1.88. The van der Waals surface area contributed by atoms with Crippen molar-refractivity contribution in [3.8, 4) is 11.3 Å². The summed E-state index contributed by atoms with van der Waals surface area (Å²) in [5.74, 6) is -0.914. The van der Waals surface area contributed by atoms with Crippen LogP contribution in [-0.2, 0) is 10.3 Å². The number of ether oxygens (including phenoxy) is 1. The van der Waals surface area contributed by atoms with Crippen molar-refractivity contribution >= 4 is 17.3 Å². The van der Waals surface area contributed by atoms with Crippen LogP contribution in [0.4, 0.5) is 0 Å². The third-order valence-electron chi connectivity index (χ3n) is 3.87. The lowest BCUT2D eigenvalue weighted by molar-refractivity contribution is -0.0778. The smallest absolute Gasteiger partial charge is 0.335 e. The van der Waals surface area contributed by atoms with Gasteiger partial charge in [-0.2, -0.15) is 0 Å². The zero-order valence-electron chi connectivity index (χ0n) is 11.1. The molecule has 1 saturated carbocycles. The van der Waals surface area contributed by atoms with E-state index in [2.05, 4.69) is 4.98 Å². The fraction of sp³-hybridized carbons (Fsp3) is 0.333. The average Bonchev–Trinajstić information content (AvgIpc) is 2.88. The summed E-state index contributed by atoms with van der Waals surface area (Å²) in [6, 6.07) is 6.79. The van der Waals surface area contributed by atoms with E-state index in [0.29, 0.717) is 0 Å². The molecule has 0 saturated heterocycles. The molecular weight excluding hydrogens is 274 g/mol. The Morgan fingerprint density at radius 1 is 1.35 bits per heavy atom. The van der Waals surface area contributed by atoms with E-state index in [4.69, 9.17) is 9.84 Å². The third kappa shape index (κ3) is 2.13. The van der Waals surface area contributed by atoms with Crippen molar-refractivity contribution in [1.29, 1.82) is 0 Å². The van der Waals surface area contributed by atoms with Crippen LogP contribution in [0.25, 0.3) is 11.3 Å². The summed E-state index contributed by atoms with van der Waals surface area (Å²) in [6.07, 6.45) is 3.22. The van der Waals surface area contributed by atoms with Crippen molar-refractivity contribution in [2.45, 2.75) is 24.9 Å². The molecular formula is C15H15NO3S. The summed E-state index contributed by atoms with van der Waals surface area (Å²) in [7, 11) is 1.74. The lowest BCUT2D eigenvalue weighted by Crippen LogP contribution is -2.35. The highest BCUT2D eigenvalue weighted by atomic mass is 32.1. The lowest BCUT2D eigenvalue weighted by atomic mass is 9.80. The molecule has 104 valence electrons. The molecule has 1 heterocycles. The van der Waals surface area contributed by atoms with Crippen molar-refractivity contribution in [2.24, 2.45) is 0 Å². The van der Waals surface area contributed by atoms with E-state index >= 15 is 0 Å². The molecule has 0 amide bonds. The number of nitrogens with zero attached hydrogens (tertiary/aromatic N) is 1. The van der Waals surface area contributed by atoms with Crippen molar-refractivity contribution in [1.82, 2.24) is 4.98 Å². The number of thiazole rings is 1. The minimum absolute atomic E-state index is 0.191. The molecule has 4 nitrogen and oxygen atoms in total. The highest BCUT2D eigenvalue weighted by Gasteiger charge is 2.41. The van der Waals surface area contributed by atoms with Gasteiger partial charge >= 0.3 is 5.97 Å². The first-order valence-electron chi connectivity index (χ1n) is 6.49. The van der Waals surface area contributed by atoms with Gasteiger partial charge in [0.15, 0.2) is 0 Å². The molecule has 20 heavy (non-hydrogen) atoms. The Morgan fingerprint density at radius 3 is 2.55 bits per heavy atom. The van der Waals surface area contributed by atoms with Crippen LogP contribution in [0.2, 0.25) is 0 Å². The molecule has 0 atom stereocenters. The maximum atomic E-state index is 10.8. The summed E-state index contributed by atoms with van der Waals surface area (Å²) >= 11 is 1.61. The Kier molecular flexibility index (Phi) is 3.31. The molecule has 5 heteroatoms. The molecule has 1 aliphatic carbocycles. The molecule has 2 aromatic rings. The quantitative estimate of drug-likeness (QED) is 0.935. The van der Waals surface area contributed by atoms with E-state index in [1.807, 2.05) is 5.38 Å². The van der Waals surface area contributed by atoms with Crippen LogP contribution < -0.4 is 0 Å². The SMILES string of the molecule is COC1(c2nc(-c3ccc(C(=O)O)cc3)cs2)CCC1. The van der Waals surface area contributed by atoms with Crippen molar-refractivity contribution in [3.05, 3.63) is 40.2 Å². The molecule has 0 spiro atoms. The van der Waals surface area contributed by atoms with Gasteiger partial charge in [0.2, 0.25) is 0 Å². The summed E-state index contributed by atoms with van der Waals surface area (Å²) in [5, 5.41) is 11.9. The number of hydrogen-bond acceptors (Lipinski definition) is 4. The van der Waals surface area contributed by atoms with Crippen molar-refractivity contribution in [3.63, 3.8) is 0 Å². The minimum atomic E-state index is -0.914. The topological polar surface area (TPSA) is 59.4 Å². The number of methoxy groups -OCH3 is 1. The largest absolute Gasteiger partial charge is 0.478 e. The second-order valence-electron chi connectivity index (χ2n) is 4.97. The van der Waals surface area contributed by atoms with Crippen LogP contribution in [0.1, 0.15) is 34.6 Å². The van der Waals surface area contributed by atoms with E-state index < -0.39 is 5.97 Å². The van der Waals surface area contributed by atoms with Gasteiger partial charge in [-0.15, -0.1) is 11.3 Å². The monoisotopic (exact) mass is 289 g/mol. The van der Waals surface area contributed by atoms with Crippen LogP contribution in [0, 0.1) is 0 Å². The maximum Gasteiger partial charge on any atom is 0.335 e. The van der Waals surface area contributed by atoms with Crippen LogP contribution in [-0.4, -0.2) is 23.2 Å². The predicted octanol–water partition coefficient (Wildman–Crippen LogP) is 3.53. The Hall–Kier alpha value is -1.72. The number of aromatic carboxylic acids is 1. The van der Waals surface area contributed by atoms with Crippen LogP contribution in [0.5, 0.6) is 0 Å². The predicted molar refractivity (Wildman–Crippen MR) is 77.0 cm³/mol. The van der Waals surface area contributed by atoms with Crippen LogP contribution in [0.3, 0.4) is 0 Å². The maximum absolute atomic E-state index is 10.8. The first kappa shape index (κ1) is 13.3. The van der Waals surface area contributed by atoms with Crippen molar-refractivity contribution < 1.29 is 14.6 Å². The van der Waals surface area contributed by atoms with E-state index in [1.54, 1.807) is 42.7 Å². The minimum Gasteiger partial charge on any atom is -0.478 e. The van der Waals surface area contributed by atoms with Gasteiger partial charge in [-0.1, -0.05) is 12.1 Å². The second kappa shape index (κ2) is 5.00. The Labute approximate surface area is 121 Å². The molecule has 1 aliphatic rings. The van der Waals surface area contributed by atoms with Crippen LogP contribution >= 0.6 is 11.3 Å². The van der Waals surface area contributed by atoms with E-state index in [-0.39, 0.29) is 11.2 Å². The molecule has 1 aromatic heterocycles. The summed E-state index contributed by atoms with van der Waals surface area (Å²) in [6.45, 7) is 0. The van der Waals surface area contributed by atoms with Gasteiger partial charge in [-0.3, -0.25) is 0 Å². The van der Waals surface area contributed by atoms with Gasteiger partial charge in [0, 0.05) is 18.1 Å². The van der Waals surface area contributed by atoms with Crippen molar-refractivity contribution in [2.75, 3.05) is 7.11 Å². The summed E-state index contributed by atoms with van der Waals surface area (Å²) in [5.41, 5.74) is 1.91. The number of carbonyl (C=O) groups is 1. The molecule has 1 N–H and O–H groups in total. The number of benzene rings is 1. The zero-order valence-corrected chi connectivity index (χ0v) is 11.9. The fourth-order valence-corrected chi connectivity index (χ4v) is 3.47. The Morgan fingerprint density at radius 2 is 2.05 bits per heavy atom. The zero-order chi connectivity index (χ0) is 14.2. The third-order valence-corrected chi connectivity index (χ3v) is 4.90. The molecule has 3 rings (SSSR count). The molecule has 0 unspecified atom stereocenters. The normalized spacial score (nSPS) is 16.6. The highest BCUT2D eigenvalue weighted by Crippen LogP contribution is 2.46. The number of carboxylic acid groups (broad SMARTS) is 1. The summed E-state index contributed by atoms with van der Waals surface area (Å²) < 4.78 is 5.63. The standard InChI is InChI=1S/C15H15NO3S/c1-19-15(7-2-8-15)14-16-12(9-20-14)10-3-5-11(6-4-10)13(17)18/h3-6,9H,2,7-8H2,1H3,(H,17,18). The van der Waals surface area contributed by atoms with Gasteiger partial charge in [0.05, 0.1) is 11.3 Å². The summed E-state index contributed by atoms with van der Waals surface area (Å²) in [4.78, 5) is 15.5. The van der Waals surface area contributed by atoms with Gasteiger partial charge in [0.1, 0.15) is 10.6 Å². The van der Waals surface area contributed by atoms with Crippen LogP contribution in [0.15, 0.2) is 29.6 Å². The number of aromatic nitrogens is 1. The van der Waals surface area contributed by atoms with Gasteiger partial charge in [0.25, 0.3) is 0 Å². The first-order chi connectivity index (χ1) is 9.64. The number of hydrogen-bond donors (Lipinski definition) is 1. The van der Waals surface area contributed by atoms with E-state index in [9.17, 15) is 4.79 Å². The average molecular weight is 289 g/mol. The van der Waals surface area contributed by atoms with Gasteiger partial charge in [-0.05, 0) is 31.4 Å². The molecule has 0 aliphatic heterocycles. The second-order valence-corrected chi connectivity index (χ2v) is 5.83. The van der Waals surface area contributed by atoms with E-state index in [1.165, 1.54) is 6.42 Å². The number of rotatable bonds is 4. The molecule has 0 radical (unpaired) electrons. The van der Waals surface area contributed by atoms with Gasteiger partial charge < -0.3 is 9.84 Å². The van der Waals surface area contributed by atoms with E-state index in [0.717, 1.165) is 29.1 Å². The van der Waals surface area contributed by atoms with Gasteiger partial charge in [-0.25, -0.2) is 9.78 Å². The lowest BCUT2D eigenvalue weighted by Gasteiger charge is -2.38. The Bertz CT molecular complexity index is 623. The highest BCUT2D eigenvalue weighted by molar-refractivity contribution is 7.10. The first-order valence-corrected chi connectivity index (χ1v) is 7.37.